The number of hydrogen-bond donors (Lipinski definition) is 1. The maximum Gasteiger partial charge on any atom is 0.401 e. The summed E-state index contributed by atoms with van der Waals surface area (Å²) in [6.45, 7) is 1.22. The predicted molar refractivity (Wildman–Crippen MR) is 150 cm³/mol. The molecule has 1 aliphatic rings. The molecule has 216 valence electrons. The Morgan fingerprint density at radius 2 is 1.83 bits per heavy atom. The van der Waals surface area contributed by atoms with Crippen LogP contribution in [0.3, 0.4) is 0 Å². The molecule has 1 fully saturated rings. The van der Waals surface area contributed by atoms with Gasteiger partial charge in [0.05, 0.1) is 28.9 Å². The number of nitrogens with zero attached hydrogens (tertiary/aromatic N) is 4. The molecule has 0 atom stereocenters. The highest BCUT2D eigenvalue weighted by molar-refractivity contribution is 5.81. The Kier molecular flexibility index (Phi) is 8.01. The van der Waals surface area contributed by atoms with Crippen molar-refractivity contribution in [1.29, 1.82) is 0 Å². The summed E-state index contributed by atoms with van der Waals surface area (Å²) in [4.78, 5) is 21.8. The van der Waals surface area contributed by atoms with E-state index in [9.17, 15) is 18.0 Å². The summed E-state index contributed by atoms with van der Waals surface area (Å²) in [6, 6.07) is 16.9. The highest BCUT2D eigenvalue weighted by Crippen LogP contribution is 2.38. The summed E-state index contributed by atoms with van der Waals surface area (Å²) in [5.74, 6) is 1.83. The third-order valence-electron chi connectivity index (χ3n) is 7.41. The number of nitrogens with one attached hydrogen (secondary N) is 1. The molecule has 41 heavy (non-hydrogen) atoms. The molecular weight excluding hydrogens is 535 g/mol. The number of carbonyl (C=O) groups excluding carboxylic acids is 1. The smallest absolute Gasteiger partial charge is 0.401 e. The monoisotopic (exact) mass is 567 g/mol. The summed E-state index contributed by atoms with van der Waals surface area (Å²) < 4.78 is 52.5. The fraction of sp³-hybridized carbons (Fsp3) is 0.367. The number of alkyl halides is 3. The normalized spacial score (nSPS) is 15.7. The van der Waals surface area contributed by atoms with Gasteiger partial charge in [-0.1, -0.05) is 12.1 Å². The van der Waals surface area contributed by atoms with Crippen LogP contribution in [0.25, 0.3) is 11.0 Å². The Balaban J connectivity index is 1.32. The molecule has 4 aromatic rings. The Hall–Kier alpha value is -3.96. The molecule has 1 N–H and O–H groups in total. The highest BCUT2D eigenvalue weighted by Gasteiger charge is 2.39. The summed E-state index contributed by atoms with van der Waals surface area (Å²) in [6.07, 6.45) is -1.43. The second-order valence-electron chi connectivity index (χ2n) is 10.4. The third-order valence-corrected chi connectivity index (χ3v) is 7.41. The number of halogens is 3. The molecule has 5 rings (SSSR count). The first kappa shape index (κ1) is 28.6. The molecule has 0 amide bonds. The minimum Gasteiger partial charge on any atom is -0.457 e. The van der Waals surface area contributed by atoms with E-state index >= 15 is 0 Å². The molecule has 1 aliphatic heterocycles. The van der Waals surface area contributed by atoms with E-state index in [1.54, 1.807) is 25.4 Å². The van der Waals surface area contributed by atoms with Gasteiger partial charge in [0.25, 0.3) is 0 Å². The van der Waals surface area contributed by atoms with Crippen molar-refractivity contribution in [3.8, 4) is 11.5 Å². The van der Waals surface area contributed by atoms with Crippen molar-refractivity contribution < 1.29 is 27.4 Å². The average Bonchev–Trinajstić information content (AvgIpc) is 3.22. The zero-order chi connectivity index (χ0) is 29.2. The lowest BCUT2D eigenvalue weighted by Crippen LogP contribution is -2.46. The lowest BCUT2D eigenvalue weighted by atomic mass is 9.84. The number of ether oxygens (including phenoxy) is 2. The minimum absolute atomic E-state index is 0.0267. The maximum atomic E-state index is 12.9. The maximum absolute atomic E-state index is 12.9. The van der Waals surface area contributed by atoms with Gasteiger partial charge in [-0.2, -0.15) is 13.2 Å². The Morgan fingerprint density at radius 3 is 2.54 bits per heavy atom. The summed E-state index contributed by atoms with van der Waals surface area (Å²) in [5, 5.41) is 3.37. The number of rotatable bonds is 9. The molecule has 0 spiro atoms. The molecule has 8 nitrogen and oxygen atoms in total. The molecule has 0 aliphatic carbocycles. The Labute approximate surface area is 236 Å². The summed E-state index contributed by atoms with van der Waals surface area (Å²) in [7, 11) is 3.52. The van der Waals surface area contributed by atoms with Gasteiger partial charge in [-0.05, 0) is 55.7 Å². The van der Waals surface area contributed by atoms with Gasteiger partial charge < -0.3 is 19.4 Å². The van der Waals surface area contributed by atoms with E-state index in [1.807, 2.05) is 54.1 Å². The molecule has 2 aromatic carbocycles. The van der Waals surface area contributed by atoms with Crippen LogP contribution < -0.4 is 10.1 Å². The standard InChI is InChI=1S/C30H32F3N5O3/c1-20(39)15-23-17-25(9-12-34-23)41-24-7-8-27-26(18-24)36-28(37(27)2)35-22-6-4-5-21(16-22)29(40-3)10-13-38(14-11-29)19-30(31,32)33/h4-9,12,16-18H,10-11,13-15,19H2,1-3H3,(H,35,36). The predicted octanol–water partition coefficient (Wildman–Crippen LogP) is 6.14. The van der Waals surface area contributed by atoms with Gasteiger partial charge in [0, 0.05) is 57.7 Å². The molecule has 0 radical (unpaired) electrons. The number of fused-ring (bicyclic) bond motifs is 1. The number of piperidine rings is 1. The van der Waals surface area contributed by atoms with Crippen LogP contribution in [0.1, 0.15) is 31.0 Å². The van der Waals surface area contributed by atoms with Crippen molar-refractivity contribution in [3.63, 3.8) is 0 Å². The number of aryl methyl sites for hydroxylation is 1. The van der Waals surface area contributed by atoms with E-state index in [1.165, 1.54) is 11.8 Å². The van der Waals surface area contributed by atoms with Crippen LogP contribution in [0.5, 0.6) is 11.5 Å². The summed E-state index contributed by atoms with van der Waals surface area (Å²) >= 11 is 0. The molecular formula is C30H32F3N5O3. The van der Waals surface area contributed by atoms with Crippen LogP contribution in [0.2, 0.25) is 0 Å². The summed E-state index contributed by atoms with van der Waals surface area (Å²) in [5.41, 5.74) is 3.31. The second-order valence-corrected chi connectivity index (χ2v) is 10.4. The number of carbonyl (C=O) groups is 1. The van der Waals surface area contributed by atoms with Crippen molar-refractivity contribution >= 4 is 28.5 Å². The Morgan fingerprint density at radius 1 is 1.07 bits per heavy atom. The quantitative estimate of drug-likeness (QED) is 0.260. The molecule has 2 aromatic heterocycles. The zero-order valence-corrected chi connectivity index (χ0v) is 23.2. The number of hydrogen-bond acceptors (Lipinski definition) is 7. The van der Waals surface area contributed by atoms with Crippen LogP contribution in [0.4, 0.5) is 24.8 Å². The van der Waals surface area contributed by atoms with E-state index in [-0.39, 0.29) is 12.2 Å². The molecule has 11 heteroatoms. The first-order valence-corrected chi connectivity index (χ1v) is 13.3. The van der Waals surface area contributed by atoms with Crippen molar-refractivity contribution in [2.45, 2.75) is 38.0 Å². The van der Waals surface area contributed by atoms with Crippen molar-refractivity contribution in [2.24, 2.45) is 7.05 Å². The number of anilines is 2. The fourth-order valence-electron chi connectivity index (χ4n) is 5.31. The highest BCUT2D eigenvalue weighted by atomic mass is 19.4. The van der Waals surface area contributed by atoms with Crippen LogP contribution >= 0.6 is 0 Å². The van der Waals surface area contributed by atoms with Crippen LogP contribution in [-0.4, -0.2) is 58.1 Å². The molecule has 3 heterocycles. The first-order chi connectivity index (χ1) is 19.5. The van der Waals surface area contributed by atoms with Gasteiger partial charge >= 0.3 is 6.18 Å². The van der Waals surface area contributed by atoms with Crippen molar-refractivity contribution in [1.82, 2.24) is 19.4 Å². The second kappa shape index (κ2) is 11.5. The van der Waals surface area contributed by atoms with Gasteiger partial charge in [0.15, 0.2) is 0 Å². The SMILES string of the molecule is COC1(c2cccc(Nc3nc4cc(Oc5ccnc(CC(C)=O)c5)ccc4n3C)c2)CCN(CC(F)(F)F)CC1. The van der Waals surface area contributed by atoms with Crippen molar-refractivity contribution in [3.05, 3.63) is 72.1 Å². The number of aromatic nitrogens is 3. The van der Waals surface area contributed by atoms with Crippen LogP contribution in [0.15, 0.2) is 60.8 Å². The first-order valence-electron chi connectivity index (χ1n) is 13.3. The van der Waals surface area contributed by atoms with Crippen LogP contribution in [-0.2, 0) is 28.6 Å². The lowest BCUT2D eigenvalue weighted by molar-refractivity contribution is -0.157. The van der Waals surface area contributed by atoms with Gasteiger partial charge in [0.1, 0.15) is 17.3 Å². The molecule has 1 saturated heterocycles. The topological polar surface area (TPSA) is 81.5 Å². The van der Waals surface area contributed by atoms with E-state index < -0.39 is 18.3 Å². The van der Waals surface area contributed by atoms with Crippen molar-refractivity contribution in [2.75, 3.05) is 32.1 Å². The van der Waals surface area contributed by atoms with Gasteiger partial charge in [-0.3, -0.25) is 14.7 Å². The van der Waals surface area contributed by atoms with Gasteiger partial charge in [-0.15, -0.1) is 0 Å². The van der Waals surface area contributed by atoms with E-state index in [2.05, 4.69) is 10.3 Å². The minimum atomic E-state index is -4.21. The number of imidazole rings is 1. The van der Waals surface area contributed by atoms with E-state index in [0.29, 0.717) is 49.1 Å². The number of ketones is 1. The van der Waals surface area contributed by atoms with E-state index in [0.717, 1.165) is 22.3 Å². The third kappa shape index (κ3) is 6.68. The fourth-order valence-corrected chi connectivity index (χ4v) is 5.31. The molecule has 0 saturated carbocycles. The number of methoxy groups -OCH3 is 1. The molecule has 0 unspecified atom stereocenters. The number of benzene rings is 2. The van der Waals surface area contributed by atoms with Gasteiger partial charge in [0.2, 0.25) is 5.95 Å². The van der Waals surface area contributed by atoms with Gasteiger partial charge in [-0.25, -0.2) is 4.98 Å². The Bertz CT molecular complexity index is 1540. The van der Waals surface area contributed by atoms with Crippen LogP contribution in [0, 0.1) is 0 Å². The lowest BCUT2D eigenvalue weighted by Gasteiger charge is -2.41. The number of likely N-dealkylation sites (tertiary alicyclic amines) is 1. The number of pyridine rings is 1. The van der Waals surface area contributed by atoms with E-state index in [4.69, 9.17) is 14.5 Å². The zero-order valence-electron chi connectivity index (χ0n) is 23.2. The largest absolute Gasteiger partial charge is 0.457 e. The average molecular weight is 568 g/mol. The number of Topliss-reactive ketones (excluding diaryl/α,β-unsaturated/α-hetero) is 1. The molecule has 0 bridgehead atoms.